The van der Waals surface area contributed by atoms with E-state index >= 15 is 0 Å². The third-order valence-electron chi connectivity index (χ3n) is 8.64. The molecule has 3 N–H and O–H groups in total. The van der Waals surface area contributed by atoms with Crippen molar-refractivity contribution in [2.45, 2.75) is 91.8 Å². The summed E-state index contributed by atoms with van der Waals surface area (Å²) in [4.78, 5) is 40.7. The second kappa shape index (κ2) is 9.08. The summed E-state index contributed by atoms with van der Waals surface area (Å²) in [6, 6.07) is -2.23. The molecule has 0 aromatic rings. The molecule has 3 rings (SSSR count). The maximum absolute atomic E-state index is 13.9. The van der Waals surface area contributed by atoms with Crippen LogP contribution in [0.15, 0.2) is 0 Å². The van der Waals surface area contributed by atoms with E-state index in [2.05, 4.69) is 31.4 Å². The highest BCUT2D eigenvalue weighted by atomic mass is 16.5. The van der Waals surface area contributed by atoms with Gasteiger partial charge in [0.15, 0.2) is 0 Å². The summed E-state index contributed by atoms with van der Waals surface area (Å²) in [6.07, 6.45) is 4.77. The Kier molecular flexibility index (Phi) is 7.10. The molecule has 1 heterocycles. The number of urea groups is 1. The first-order chi connectivity index (χ1) is 15.2. The third kappa shape index (κ3) is 5.00. The van der Waals surface area contributed by atoms with Crippen LogP contribution in [0, 0.1) is 28.1 Å². The van der Waals surface area contributed by atoms with Crippen molar-refractivity contribution in [3.63, 3.8) is 0 Å². The van der Waals surface area contributed by atoms with Gasteiger partial charge in [-0.1, -0.05) is 60.8 Å². The van der Waals surface area contributed by atoms with Crippen LogP contribution in [0.1, 0.15) is 73.6 Å². The molecule has 0 aromatic heterocycles. The number of aliphatic carboxylic acids is 1. The number of ether oxygens (including phenoxy) is 1. The van der Waals surface area contributed by atoms with Gasteiger partial charge in [-0.15, -0.1) is 0 Å². The van der Waals surface area contributed by atoms with Crippen LogP contribution in [-0.4, -0.2) is 66.3 Å². The predicted octanol–water partition coefficient (Wildman–Crippen LogP) is 3.25. The van der Waals surface area contributed by atoms with Gasteiger partial charge in [0.25, 0.3) is 0 Å². The molecular weight excluding hydrogens is 422 g/mol. The number of likely N-dealkylation sites (tertiary alicyclic amines) is 1. The number of carboxylic acids is 1. The number of nitrogens with one attached hydrogen (secondary N) is 2. The summed E-state index contributed by atoms with van der Waals surface area (Å²) in [5.41, 5.74) is -0.691. The highest BCUT2D eigenvalue weighted by molar-refractivity contribution is 5.92. The van der Waals surface area contributed by atoms with Crippen molar-refractivity contribution in [1.82, 2.24) is 15.5 Å². The zero-order valence-electron chi connectivity index (χ0n) is 21.4. The molecule has 188 valence electrons. The Labute approximate surface area is 198 Å². The van der Waals surface area contributed by atoms with Crippen LogP contribution in [0.25, 0.3) is 0 Å². The highest BCUT2D eigenvalue weighted by Crippen LogP contribution is 2.65. The second-order valence-corrected chi connectivity index (χ2v) is 12.4. The molecule has 8 heteroatoms. The smallest absolute Gasteiger partial charge is 0.326 e. The Morgan fingerprint density at radius 1 is 1.09 bits per heavy atom. The quantitative estimate of drug-likeness (QED) is 0.535. The fourth-order valence-corrected chi connectivity index (χ4v) is 6.15. The molecule has 0 radical (unpaired) electrons. The molecule has 5 atom stereocenters. The Balaban J connectivity index is 1.82. The number of rotatable bonds is 7. The summed E-state index contributed by atoms with van der Waals surface area (Å²) in [5.74, 6) is -1.04. The topological polar surface area (TPSA) is 108 Å². The Morgan fingerprint density at radius 3 is 2.21 bits per heavy atom. The van der Waals surface area contributed by atoms with Gasteiger partial charge in [-0.2, -0.15) is 0 Å². The van der Waals surface area contributed by atoms with Gasteiger partial charge < -0.3 is 25.4 Å². The van der Waals surface area contributed by atoms with Crippen LogP contribution in [0.4, 0.5) is 4.79 Å². The first kappa shape index (κ1) is 25.8. The van der Waals surface area contributed by atoms with Crippen molar-refractivity contribution in [2.75, 3.05) is 20.3 Å². The molecule has 3 amide bonds. The number of carboxylic acid groups (broad SMARTS) is 1. The SMILES string of the molecule is COC[C@@H](NC(=O)N[C@H](C(=O)N1C[C@H]2[C@@H]([C@H]1C(=O)O)C2(C)C)C1(C)CCCCC1)C(C)(C)C. The lowest BCUT2D eigenvalue weighted by Gasteiger charge is -2.43. The summed E-state index contributed by atoms with van der Waals surface area (Å²) >= 11 is 0. The molecule has 1 aliphatic heterocycles. The van der Waals surface area contributed by atoms with E-state index in [9.17, 15) is 19.5 Å². The Morgan fingerprint density at radius 2 is 1.70 bits per heavy atom. The predicted molar refractivity (Wildman–Crippen MR) is 126 cm³/mol. The van der Waals surface area contributed by atoms with E-state index in [0.717, 1.165) is 32.1 Å². The molecule has 0 aromatic carbocycles. The average Bonchev–Trinajstić information content (AvgIpc) is 3.06. The molecule has 8 nitrogen and oxygen atoms in total. The Bertz CT molecular complexity index is 768. The number of hydrogen-bond acceptors (Lipinski definition) is 4. The number of amides is 3. The first-order valence-corrected chi connectivity index (χ1v) is 12.3. The molecule has 3 aliphatic rings. The van der Waals surface area contributed by atoms with Gasteiger partial charge in [0, 0.05) is 19.6 Å². The standard InChI is InChI=1S/C25H43N3O5/c1-23(2,3)16(14-33-7)26-22(32)27-19(25(6)11-9-8-10-12-25)20(29)28-13-15-17(24(15,4)5)18(28)21(30)31/h15-19H,8-14H2,1-7H3,(H,30,31)(H2,26,27,32)/t15-,16+,17-,18-,19+/m0/s1. The molecule has 3 fully saturated rings. The van der Waals surface area contributed by atoms with Crippen LogP contribution < -0.4 is 10.6 Å². The van der Waals surface area contributed by atoms with E-state index in [4.69, 9.17) is 4.74 Å². The minimum atomic E-state index is -0.952. The van der Waals surface area contributed by atoms with Crippen molar-refractivity contribution < 1.29 is 24.2 Å². The van der Waals surface area contributed by atoms with Gasteiger partial charge in [0.1, 0.15) is 12.1 Å². The van der Waals surface area contributed by atoms with E-state index in [1.54, 1.807) is 7.11 Å². The molecule has 0 spiro atoms. The molecule has 1 saturated heterocycles. The first-order valence-electron chi connectivity index (χ1n) is 12.3. The molecule has 2 saturated carbocycles. The van der Waals surface area contributed by atoms with Gasteiger partial charge in [-0.25, -0.2) is 9.59 Å². The van der Waals surface area contributed by atoms with Gasteiger partial charge >= 0.3 is 12.0 Å². The monoisotopic (exact) mass is 465 g/mol. The maximum atomic E-state index is 13.9. The van der Waals surface area contributed by atoms with Crippen molar-refractivity contribution in [2.24, 2.45) is 28.1 Å². The minimum absolute atomic E-state index is 0.0282. The molecule has 2 aliphatic carbocycles. The van der Waals surface area contributed by atoms with Gasteiger partial charge in [-0.05, 0) is 35.0 Å². The number of nitrogens with zero attached hydrogens (tertiary/aromatic N) is 1. The average molecular weight is 466 g/mol. The van der Waals surface area contributed by atoms with Crippen molar-refractivity contribution in [3.05, 3.63) is 0 Å². The van der Waals surface area contributed by atoms with E-state index in [1.165, 1.54) is 4.90 Å². The fraction of sp³-hybridized carbons (Fsp3) is 0.880. The molecule has 33 heavy (non-hydrogen) atoms. The molecular formula is C25H43N3O5. The van der Waals surface area contributed by atoms with Crippen LogP contribution >= 0.6 is 0 Å². The summed E-state index contributed by atoms with van der Waals surface area (Å²) in [7, 11) is 1.60. The fourth-order valence-electron chi connectivity index (χ4n) is 6.15. The third-order valence-corrected chi connectivity index (χ3v) is 8.64. The highest BCUT2D eigenvalue weighted by Gasteiger charge is 2.70. The van der Waals surface area contributed by atoms with Crippen LogP contribution in [0.5, 0.6) is 0 Å². The minimum Gasteiger partial charge on any atom is -0.480 e. The summed E-state index contributed by atoms with van der Waals surface area (Å²) in [5, 5.41) is 15.9. The van der Waals surface area contributed by atoms with Crippen molar-refractivity contribution in [1.29, 1.82) is 0 Å². The number of carbonyl (C=O) groups is 3. The van der Waals surface area contributed by atoms with E-state index in [0.29, 0.717) is 13.2 Å². The van der Waals surface area contributed by atoms with E-state index in [1.807, 2.05) is 20.8 Å². The summed E-state index contributed by atoms with van der Waals surface area (Å²) in [6.45, 7) is 13.1. The number of carbonyl (C=O) groups excluding carboxylic acids is 2. The Hall–Kier alpha value is -1.83. The second-order valence-electron chi connectivity index (χ2n) is 12.4. The number of methoxy groups -OCH3 is 1. The van der Waals surface area contributed by atoms with E-state index < -0.39 is 29.5 Å². The van der Waals surface area contributed by atoms with E-state index in [-0.39, 0.29) is 34.6 Å². The zero-order valence-corrected chi connectivity index (χ0v) is 21.4. The summed E-state index contributed by atoms with van der Waals surface area (Å²) < 4.78 is 5.29. The normalized spacial score (nSPS) is 29.5. The van der Waals surface area contributed by atoms with Crippen molar-refractivity contribution >= 4 is 17.9 Å². The van der Waals surface area contributed by atoms with Crippen LogP contribution in [0.2, 0.25) is 0 Å². The lowest BCUT2D eigenvalue weighted by Crippen LogP contribution is -2.62. The van der Waals surface area contributed by atoms with Crippen LogP contribution in [0.3, 0.4) is 0 Å². The number of hydrogen-bond donors (Lipinski definition) is 3. The van der Waals surface area contributed by atoms with Crippen molar-refractivity contribution in [3.8, 4) is 0 Å². The number of fused-ring (bicyclic) bond motifs is 1. The largest absolute Gasteiger partial charge is 0.480 e. The van der Waals surface area contributed by atoms with Crippen LogP contribution in [-0.2, 0) is 14.3 Å². The van der Waals surface area contributed by atoms with Gasteiger partial charge in [0.2, 0.25) is 5.91 Å². The molecule has 0 bridgehead atoms. The maximum Gasteiger partial charge on any atom is 0.326 e. The number of piperidine rings is 1. The van der Waals surface area contributed by atoms with Gasteiger partial charge in [-0.3, -0.25) is 4.79 Å². The lowest BCUT2D eigenvalue weighted by molar-refractivity contribution is -0.152. The van der Waals surface area contributed by atoms with Gasteiger partial charge in [0.05, 0.1) is 12.6 Å². The lowest BCUT2D eigenvalue weighted by atomic mass is 9.70. The zero-order chi connectivity index (χ0) is 24.8. The molecule has 0 unspecified atom stereocenters.